The molecule has 0 unspecified atom stereocenters. The second-order valence-corrected chi connectivity index (χ2v) is 4.15. The van der Waals surface area contributed by atoms with Crippen molar-refractivity contribution in [1.82, 2.24) is 15.3 Å². The van der Waals surface area contributed by atoms with Gasteiger partial charge in [0.15, 0.2) is 0 Å². The zero-order valence-corrected chi connectivity index (χ0v) is 10.3. The molecular formula is C10H11BrN4O. The first-order valence-corrected chi connectivity index (χ1v) is 5.67. The predicted molar refractivity (Wildman–Crippen MR) is 66.5 cm³/mol. The maximum absolute atomic E-state index is 11.4. The lowest BCUT2D eigenvalue weighted by Gasteiger charge is -2.03. The van der Waals surface area contributed by atoms with Crippen molar-refractivity contribution in [2.45, 2.75) is 6.92 Å². The number of halogens is 1. The van der Waals surface area contributed by atoms with Gasteiger partial charge in [0.1, 0.15) is 5.65 Å². The van der Waals surface area contributed by atoms with Gasteiger partial charge in [0, 0.05) is 28.8 Å². The van der Waals surface area contributed by atoms with Crippen LogP contribution in [0.15, 0.2) is 22.9 Å². The molecule has 16 heavy (non-hydrogen) atoms. The van der Waals surface area contributed by atoms with E-state index < -0.39 is 0 Å². The van der Waals surface area contributed by atoms with Gasteiger partial charge in [-0.15, -0.1) is 0 Å². The van der Waals surface area contributed by atoms with Gasteiger partial charge in [-0.05, 0) is 28.9 Å². The van der Waals surface area contributed by atoms with Gasteiger partial charge in [-0.3, -0.25) is 0 Å². The van der Waals surface area contributed by atoms with Crippen LogP contribution in [-0.2, 0) is 0 Å². The average Bonchev–Trinajstić information content (AvgIpc) is 2.61. The highest BCUT2D eigenvalue weighted by molar-refractivity contribution is 9.10. The minimum absolute atomic E-state index is 0.219. The fraction of sp³-hybridized carbons (Fsp3) is 0.200. The van der Waals surface area contributed by atoms with Crippen LogP contribution in [0.2, 0.25) is 0 Å². The normalized spacial score (nSPS) is 10.4. The number of pyridine rings is 1. The molecule has 2 amide bonds. The number of aromatic amines is 1. The highest BCUT2D eigenvalue weighted by atomic mass is 79.9. The van der Waals surface area contributed by atoms with Crippen LogP contribution in [0, 0.1) is 0 Å². The molecule has 2 rings (SSSR count). The molecule has 0 atom stereocenters. The Bertz CT molecular complexity index is 523. The molecule has 0 spiro atoms. The summed E-state index contributed by atoms with van der Waals surface area (Å²) in [5.41, 5.74) is 1.46. The highest BCUT2D eigenvalue weighted by Gasteiger charge is 2.07. The Balaban J connectivity index is 2.30. The second kappa shape index (κ2) is 4.52. The topological polar surface area (TPSA) is 69.8 Å². The maximum Gasteiger partial charge on any atom is 0.319 e. The van der Waals surface area contributed by atoms with E-state index in [-0.39, 0.29) is 6.03 Å². The summed E-state index contributed by atoms with van der Waals surface area (Å²) in [6, 6.07) is 1.68. The van der Waals surface area contributed by atoms with Crippen molar-refractivity contribution in [2.75, 3.05) is 11.9 Å². The van der Waals surface area contributed by atoms with Crippen molar-refractivity contribution in [1.29, 1.82) is 0 Å². The number of carbonyl (C=O) groups is 1. The standard InChI is InChI=1S/C10H11BrN4O/c1-2-12-10(16)15-8-5-14-9-7(8)3-6(11)4-13-9/h3-5H,2H2,1H3,(H,13,14)(H2,12,15,16). The fourth-order valence-electron chi connectivity index (χ4n) is 1.41. The fourth-order valence-corrected chi connectivity index (χ4v) is 1.74. The third-order valence-corrected chi connectivity index (χ3v) is 2.52. The summed E-state index contributed by atoms with van der Waals surface area (Å²) >= 11 is 3.34. The van der Waals surface area contributed by atoms with E-state index in [4.69, 9.17) is 0 Å². The van der Waals surface area contributed by atoms with Crippen molar-refractivity contribution in [3.05, 3.63) is 22.9 Å². The third-order valence-electron chi connectivity index (χ3n) is 2.08. The Hall–Kier alpha value is -1.56. The van der Waals surface area contributed by atoms with E-state index in [1.807, 2.05) is 13.0 Å². The molecule has 2 heterocycles. The van der Waals surface area contributed by atoms with Crippen LogP contribution in [0.5, 0.6) is 0 Å². The van der Waals surface area contributed by atoms with Crippen molar-refractivity contribution in [3.8, 4) is 0 Å². The number of aromatic nitrogens is 2. The van der Waals surface area contributed by atoms with Gasteiger partial charge in [-0.25, -0.2) is 9.78 Å². The van der Waals surface area contributed by atoms with Gasteiger partial charge < -0.3 is 15.6 Å². The number of rotatable bonds is 2. The average molecular weight is 283 g/mol. The molecule has 0 fully saturated rings. The number of H-pyrrole nitrogens is 1. The molecule has 0 bridgehead atoms. The summed E-state index contributed by atoms with van der Waals surface area (Å²) in [5, 5.41) is 6.29. The summed E-state index contributed by atoms with van der Waals surface area (Å²) in [5.74, 6) is 0. The number of carbonyl (C=O) groups excluding carboxylic acids is 1. The van der Waals surface area contributed by atoms with E-state index in [1.165, 1.54) is 0 Å². The highest BCUT2D eigenvalue weighted by Crippen LogP contribution is 2.24. The number of anilines is 1. The van der Waals surface area contributed by atoms with Crippen LogP contribution < -0.4 is 10.6 Å². The van der Waals surface area contributed by atoms with Gasteiger partial charge in [-0.2, -0.15) is 0 Å². The number of amides is 2. The lowest BCUT2D eigenvalue weighted by Crippen LogP contribution is -2.28. The Morgan fingerprint density at radius 2 is 2.44 bits per heavy atom. The molecule has 0 saturated carbocycles. The summed E-state index contributed by atoms with van der Waals surface area (Å²) in [7, 11) is 0. The molecule has 0 aromatic carbocycles. The Morgan fingerprint density at radius 1 is 1.62 bits per heavy atom. The van der Waals surface area contributed by atoms with E-state index in [0.29, 0.717) is 6.54 Å². The number of nitrogens with zero attached hydrogens (tertiary/aromatic N) is 1. The molecular weight excluding hydrogens is 272 g/mol. The van der Waals surface area contributed by atoms with Crippen molar-refractivity contribution >= 4 is 38.7 Å². The quantitative estimate of drug-likeness (QED) is 0.792. The van der Waals surface area contributed by atoms with Crippen molar-refractivity contribution in [3.63, 3.8) is 0 Å². The molecule has 0 saturated heterocycles. The number of urea groups is 1. The lowest BCUT2D eigenvalue weighted by molar-refractivity contribution is 0.252. The molecule has 3 N–H and O–H groups in total. The van der Waals surface area contributed by atoms with Crippen LogP contribution in [0.3, 0.4) is 0 Å². The maximum atomic E-state index is 11.4. The predicted octanol–water partition coefficient (Wildman–Crippen LogP) is 2.47. The summed E-state index contributed by atoms with van der Waals surface area (Å²) in [6.07, 6.45) is 3.42. The number of hydrogen-bond acceptors (Lipinski definition) is 2. The molecule has 2 aromatic heterocycles. The zero-order valence-electron chi connectivity index (χ0n) is 8.67. The molecule has 84 valence electrons. The molecule has 2 aromatic rings. The molecule has 0 radical (unpaired) electrons. The lowest BCUT2D eigenvalue weighted by atomic mass is 10.3. The minimum Gasteiger partial charge on any atom is -0.344 e. The van der Waals surface area contributed by atoms with Crippen LogP contribution >= 0.6 is 15.9 Å². The largest absolute Gasteiger partial charge is 0.344 e. The second-order valence-electron chi connectivity index (χ2n) is 3.24. The Morgan fingerprint density at radius 3 is 3.19 bits per heavy atom. The summed E-state index contributed by atoms with van der Waals surface area (Å²) < 4.78 is 0.874. The Labute approximate surface area is 101 Å². The first-order chi connectivity index (χ1) is 7.70. The number of nitrogens with one attached hydrogen (secondary N) is 3. The molecule has 6 heteroatoms. The van der Waals surface area contributed by atoms with Gasteiger partial charge in [-0.1, -0.05) is 0 Å². The first-order valence-electron chi connectivity index (χ1n) is 4.88. The van der Waals surface area contributed by atoms with E-state index in [0.717, 1.165) is 21.2 Å². The van der Waals surface area contributed by atoms with Crippen LogP contribution in [0.1, 0.15) is 6.92 Å². The molecule has 0 aliphatic heterocycles. The van der Waals surface area contributed by atoms with E-state index in [9.17, 15) is 4.79 Å². The number of fused-ring (bicyclic) bond motifs is 1. The third kappa shape index (κ3) is 2.16. The monoisotopic (exact) mass is 282 g/mol. The van der Waals surface area contributed by atoms with E-state index in [1.54, 1.807) is 12.4 Å². The van der Waals surface area contributed by atoms with Gasteiger partial charge in [0.25, 0.3) is 0 Å². The Kier molecular flexibility index (Phi) is 3.09. The van der Waals surface area contributed by atoms with Crippen molar-refractivity contribution < 1.29 is 4.79 Å². The first kappa shape index (κ1) is 10.9. The van der Waals surface area contributed by atoms with Crippen LogP contribution in [0.4, 0.5) is 10.5 Å². The molecule has 5 nitrogen and oxygen atoms in total. The van der Waals surface area contributed by atoms with E-state index >= 15 is 0 Å². The SMILES string of the molecule is CCNC(=O)Nc1c[nH]c2ncc(Br)cc12. The number of hydrogen-bond donors (Lipinski definition) is 3. The summed E-state index contributed by atoms with van der Waals surface area (Å²) in [6.45, 7) is 2.46. The molecule has 0 aliphatic rings. The van der Waals surface area contributed by atoms with Crippen molar-refractivity contribution in [2.24, 2.45) is 0 Å². The van der Waals surface area contributed by atoms with Gasteiger partial charge >= 0.3 is 6.03 Å². The van der Waals surface area contributed by atoms with Gasteiger partial charge in [0.05, 0.1) is 5.69 Å². The minimum atomic E-state index is -0.219. The zero-order chi connectivity index (χ0) is 11.5. The van der Waals surface area contributed by atoms with E-state index in [2.05, 4.69) is 36.5 Å². The summed E-state index contributed by atoms with van der Waals surface area (Å²) in [4.78, 5) is 18.5. The van der Waals surface area contributed by atoms with Crippen LogP contribution in [-0.4, -0.2) is 22.5 Å². The van der Waals surface area contributed by atoms with Crippen LogP contribution in [0.25, 0.3) is 11.0 Å². The smallest absolute Gasteiger partial charge is 0.319 e. The van der Waals surface area contributed by atoms with Gasteiger partial charge in [0.2, 0.25) is 0 Å². The molecule has 0 aliphatic carbocycles.